The summed E-state index contributed by atoms with van der Waals surface area (Å²) in [7, 11) is 0. The van der Waals surface area contributed by atoms with E-state index < -0.39 is 69.2 Å². The molecule has 1 rings (SSSR count). The van der Waals surface area contributed by atoms with Gasteiger partial charge in [0.1, 0.15) is 0 Å². The molecule has 1 aromatic rings. The Morgan fingerprint density at radius 2 is 0.694 bits per heavy atom. The van der Waals surface area contributed by atoms with Crippen LogP contribution in [0.3, 0.4) is 0 Å². The van der Waals surface area contributed by atoms with Crippen LogP contribution in [0.2, 0.25) is 0 Å². The lowest BCUT2D eigenvalue weighted by molar-refractivity contribution is 0.0429. The maximum atomic E-state index is 13.0. The number of esters is 3. The van der Waals surface area contributed by atoms with E-state index in [0.717, 1.165) is 0 Å². The summed E-state index contributed by atoms with van der Waals surface area (Å²) in [6.07, 6.45) is 0.621. The molecular weight excluding hydrogens is 540 g/mol. The summed E-state index contributed by atoms with van der Waals surface area (Å²) in [5, 5.41) is 29.3. The van der Waals surface area contributed by atoms with Gasteiger partial charge in [0.05, 0.1) is 53.2 Å². The SMILES string of the molecule is O=C(O)c1c(C(=O)O)c(C(=O)OCCCS)c(C(=O)OCCCS)c(C(=O)OCCCS)c1C(=O)O. The van der Waals surface area contributed by atoms with Gasteiger partial charge in [0.2, 0.25) is 0 Å². The summed E-state index contributed by atoms with van der Waals surface area (Å²) < 4.78 is 15.0. The maximum Gasteiger partial charge on any atom is 0.339 e. The van der Waals surface area contributed by atoms with Crippen LogP contribution >= 0.6 is 37.9 Å². The second-order valence-corrected chi connectivity index (χ2v) is 8.15. The smallest absolute Gasteiger partial charge is 0.339 e. The molecule has 0 saturated carbocycles. The van der Waals surface area contributed by atoms with Gasteiger partial charge in [-0.15, -0.1) is 0 Å². The largest absolute Gasteiger partial charge is 0.478 e. The Hall–Kier alpha value is -2.91. The molecule has 1 aromatic carbocycles. The molecular formula is C21H24O12S3. The van der Waals surface area contributed by atoms with Gasteiger partial charge in [0.25, 0.3) is 0 Å². The second kappa shape index (κ2) is 15.3. The van der Waals surface area contributed by atoms with Gasteiger partial charge in [-0.1, -0.05) is 0 Å². The molecule has 0 aliphatic rings. The predicted molar refractivity (Wildman–Crippen MR) is 134 cm³/mol. The maximum absolute atomic E-state index is 13.0. The van der Waals surface area contributed by atoms with Crippen molar-refractivity contribution in [2.24, 2.45) is 0 Å². The monoisotopic (exact) mass is 564 g/mol. The first kappa shape index (κ1) is 31.1. The Bertz CT molecular complexity index is 976. The number of rotatable bonds is 15. The number of thiol groups is 3. The minimum Gasteiger partial charge on any atom is -0.478 e. The molecule has 0 spiro atoms. The van der Waals surface area contributed by atoms with Gasteiger partial charge in [-0.3, -0.25) is 0 Å². The number of ether oxygens (including phenoxy) is 3. The van der Waals surface area contributed by atoms with E-state index in [1.54, 1.807) is 0 Å². The van der Waals surface area contributed by atoms with Crippen LogP contribution in [0.4, 0.5) is 0 Å². The number of hydrogen-bond donors (Lipinski definition) is 6. The molecule has 198 valence electrons. The minimum absolute atomic E-state index is 0.205. The lowest BCUT2D eigenvalue weighted by Crippen LogP contribution is -2.30. The van der Waals surface area contributed by atoms with E-state index >= 15 is 0 Å². The third kappa shape index (κ3) is 7.80. The molecule has 0 radical (unpaired) electrons. The molecule has 0 amide bonds. The molecule has 0 atom stereocenters. The zero-order valence-electron chi connectivity index (χ0n) is 18.7. The molecule has 0 aliphatic heterocycles. The van der Waals surface area contributed by atoms with Crippen molar-refractivity contribution in [2.45, 2.75) is 19.3 Å². The van der Waals surface area contributed by atoms with Crippen LogP contribution in [0.15, 0.2) is 0 Å². The highest BCUT2D eigenvalue weighted by Gasteiger charge is 2.42. The molecule has 15 heteroatoms. The first-order valence-electron chi connectivity index (χ1n) is 10.3. The highest BCUT2D eigenvalue weighted by atomic mass is 32.1. The first-order chi connectivity index (χ1) is 17.0. The number of hydrogen-bond acceptors (Lipinski definition) is 12. The Balaban J connectivity index is 4.18. The molecule has 0 unspecified atom stereocenters. The molecule has 12 nitrogen and oxygen atoms in total. The van der Waals surface area contributed by atoms with Crippen molar-refractivity contribution in [3.05, 3.63) is 33.4 Å². The van der Waals surface area contributed by atoms with Crippen molar-refractivity contribution < 1.29 is 58.3 Å². The number of carboxylic acids is 3. The van der Waals surface area contributed by atoms with E-state index in [0.29, 0.717) is 0 Å². The van der Waals surface area contributed by atoms with E-state index in [1.165, 1.54) is 0 Å². The van der Waals surface area contributed by atoms with Crippen molar-refractivity contribution in [3.63, 3.8) is 0 Å². The molecule has 0 saturated heterocycles. The average Bonchev–Trinajstić information content (AvgIpc) is 2.81. The molecule has 0 aromatic heterocycles. The number of benzene rings is 1. The number of carbonyl (C=O) groups excluding carboxylic acids is 3. The van der Waals surface area contributed by atoms with Crippen molar-refractivity contribution in [1.82, 2.24) is 0 Å². The van der Waals surface area contributed by atoms with Crippen molar-refractivity contribution in [2.75, 3.05) is 37.1 Å². The van der Waals surface area contributed by atoms with Crippen LogP contribution in [0.5, 0.6) is 0 Å². The van der Waals surface area contributed by atoms with Gasteiger partial charge in [0, 0.05) is 0 Å². The third-order valence-electron chi connectivity index (χ3n) is 4.36. The summed E-state index contributed by atoms with van der Waals surface area (Å²) in [4.78, 5) is 75.2. The lowest BCUT2D eigenvalue weighted by Gasteiger charge is -2.20. The molecule has 3 N–H and O–H groups in total. The van der Waals surface area contributed by atoms with E-state index in [4.69, 9.17) is 14.2 Å². The number of carboxylic acid groups (broad SMARTS) is 3. The quantitative estimate of drug-likeness (QED) is 0.0789. The van der Waals surface area contributed by atoms with Crippen LogP contribution in [-0.2, 0) is 14.2 Å². The van der Waals surface area contributed by atoms with E-state index in [1.807, 2.05) is 0 Å². The fourth-order valence-electron chi connectivity index (χ4n) is 2.91. The Kier molecular flexibility index (Phi) is 13.2. The average molecular weight is 565 g/mol. The summed E-state index contributed by atoms with van der Waals surface area (Å²) in [6.45, 7) is -0.906. The zero-order valence-corrected chi connectivity index (χ0v) is 21.4. The van der Waals surface area contributed by atoms with Gasteiger partial charge in [-0.2, -0.15) is 37.9 Å². The van der Waals surface area contributed by atoms with Crippen LogP contribution < -0.4 is 0 Å². The van der Waals surface area contributed by atoms with Crippen molar-refractivity contribution in [3.8, 4) is 0 Å². The van der Waals surface area contributed by atoms with Crippen LogP contribution in [0.25, 0.3) is 0 Å². The molecule has 0 bridgehead atoms. The van der Waals surface area contributed by atoms with Crippen LogP contribution in [0, 0.1) is 0 Å². The number of carbonyl (C=O) groups is 6. The highest BCUT2D eigenvalue weighted by molar-refractivity contribution is 7.80. The lowest BCUT2D eigenvalue weighted by atomic mass is 9.85. The van der Waals surface area contributed by atoms with Gasteiger partial charge in [0.15, 0.2) is 0 Å². The van der Waals surface area contributed by atoms with Crippen molar-refractivity contribution in [1.29, 1.82) is 0 Å². The van der Waals surface area contributed by atoms with Gasteiger partial charge in [-0.25, -0.2) is 28.8 Å². The normalized spacial score (nSPS) is 10.4. The Morgan fingerprint density at radius 1 is 0.472 bits per heavy atom. The summed E-state index contributed by atoms with van der Waals surface area (Å²) in [6, 6.07) is 0. The molecule has 0 fully saturated rings. The molecule has 36 heavy (non-hydrogen) atoms. The summed E-state index contributed by atoms with van der Waals surface area (Å²) >= 11 is 11.9. The van der Waals surface area contributed by atoms with Gasteiger partial charge >= 0.3 is 35.8 Å². The Morgan fingerprint density at radius 3 is 0.917 bits per heavy atom. The third-order valence-corrected chi connectivity index (χ3v) is 5.31. The molecule has 0 heterocycles. The standard InChI is InChI=1S/C21H24O12S3/c22-16(23)10-11(17(24)25)13(19(28)31-4-1-7-34)15(21(30)33-6-3-9-36)14(12(10)18(26)27)20(29)32-5-2-8-35/h34-36H,1-9H2,(H,22,23)(H,24,25)(H,26,27). The van der Waals surface area contributed by atoms with Crippen LogP contribution in [-0.4, -0.2) is 88.2 Å². The fourth-order valence-corrected chi connectivity index (χ4v) is 3.30. The second-order valence-electron chi connectivity index (χ2n) is 6.80. The van der Waals surface area contributed by atoms with E-state index in [2.05, 4.69) is 37.9 Å². The van der Waals surface area contributed by atoms with Gasteiger partial charge < -0.3 is 29.5 Å². The molecule has 0 aliphatic carbocycles. The fraction of sp³-hybridized carbons (Fsp3) is 0.429. The van der Waals surface area contributed by atoms with E-state index in [9.17, 15) is 44.1 Å². The first-order valence-corrected chi connectivity index (χ1v) is 12.2. The zero-order chi connectivity index (χ0) is 27.4. The summed E-state index contributed by atoms with van der Waals surface area (Å²) in [5.74, 6) is -9.85. The van der Waals surface area contributed by atoms with Gasteiger partial charge in [-0.05, 0) is 36.5 Å². The topological polar surface area (TPSA) is 191 Å². The van der Waals surface area contributed by atoms with Crippen LogP contribution in [0.1, 0.15) is 81.4 Å². The Labute approximate surface area is 221 Å². The minimum atomic E-state index is -2.09. The predicted octanol–water partition coefficient (Wildman–Crippen LogP) is 2.21. The number of aromatic carboxylic acids is 3. The summed E-state index contributed by atoms with van der Waals surface area (Å²) in [5.41, 5.74) is -7.53. The highest BCUT2D eigenvalue weighted by Crippen LogP contribution is 2.32. The van der Waals surface area contributed by atoms with Crippen molar-refractivity contribution >= 4 is 73.7 Å². The van der Waals surface area contributed by atoms with E-state index in [-0.39, 0.29) is 56.3 Å².